The van der Waals surface area contributed by atoms with Gasteiger partial charge < -0.3 is 29.5 Å². The Hall–Kier alpha value is -2.45. The minimum absolute atomic E-state index is 0.0660. The summed E-state index contributed by atoms with van der Waals surface area (Å²) in [5.74, 6) is 0.770. The van der Waals surface area contributed by atoms with Gasteiger partial charge in [0.1, 0.15) is 30.7 Å². The second-order valence-corrected chi connectivity index (χ2v) is 9.99. The third-order valence-corrected chi connectivity index (χ3v) is 7.41. The number of fused-ring (bicyclic) bond motifs is 1. The molecule has 1 fully saturated rings. The van der Waals surface area contributed by atoms with E-state index in [1.54, 1.807) is 12.1 Å². The summed E-state index contributed by atoms with van der Waals surface area (Å²) in [4.78, 5) is 0. The molecular formula is C29H31ClO6. The smallest absolute Gasteiger partial charge is 0.119 e. The fourth-order valence-corrected chi connectivity index (χ4v) is 5.27. The molecule has 0 saturated carbocycles. The lowest BCUT2D eigenvalue weighted by molar-refractivity contribution is -0.179. The van der Waals surface area contributed by atoms with E-state index in [-0.39, 0.29) is 19.1 Å². The zero-order valence-electron chi connectivity index (χ0n) is 20.1. The number of aryl methyl sites for hydroxylation is 1. The predicted molar refractivity (Wildman–Crippen MR) is 136 cm³/mol. The van der Waals surface area contributed by atoms with Gasteiger partial charge in [0.25, 0.3) is 0 Å². The number of hydrogen-bond donors (Lipinski definition) is 3. The van der Waals surface area contributed by atoms with Crippen LogP contribution in [0.2, 0.25) is 5.02 Å². The first-order chi connectivity index (χ1) is 17.4. The lowest BCUT2D eigenvalue weighted by atomic mass is 9.91. The van der Waals surface area contributed by atoms with E-state index in [1.807, 2.05) is 30.3 Å². The maximum absolute atomic E-state index is 10.5. The molecule has 190 valence electrons. The lowest BCUT2D eigenvalue weighted by Gasteiger charge is -2.37. The van der Waals surface area contributed by atoms with Crippen LogP contribution in [0.5, 0.6) is 5.75 Å². The molecule has 3 aromatic rings. The van der Waals surface area contributed by atoms with Crippen molar-refractivity contribution in [3.05, 3.63) is 99.1 Å². The van der Waals surface area contributed by atoms with Gasteiger partial charge in [-0.2, -0.15) is 0 Å². The minimum Gasteiger partial charge on any atom is -0.491 e. The predicted octanol–water partition coefficient (Wildman–Crippen LogP) is 4.43. The van der Waals surface area contributed by atoms with Crippen molar-refractivity contribution in [1.82, 2.24) is 0 Å². The summed E-state index contributed by atoms with van der Waals surface area (Å²) < 4.78 is 17.8. The highest BCUT2D eigenvalue weighted by atomic mass is 35.5. The third-order valence-electron chi connectivity index (χ3n) is 7.05. The van der Waals surface area contributed by atoms with Crippen LogP contribution in [0.15, 0.2) is 60.7 Å². The van der Waals surface area contributed by atoms with Crippen LogP contribution in [0.1, 0.15) is 52.0 Å². The summed E-state index contributed by atoms with van der Waals surface area (Å²) in [5, 5.41) is 30.7. The van der Waals surface area contributed by atoms with Crippen LogP contribution < -0.4 is 4.74 Å². The molecule has 6 nitrogen and oxygen atoms in total. The van der Waals surface area contributed by atoms with Gasteiger partial charge in [-0.25, -0.2) is 0 Å². The molecule has 5 rings (SSSR count). The molecule has 5 atom stereocenters. The van der Waals surface area contributed by atoms with Gasteiger partial charge in [0, 0.05) is 11.4 Å². The van der Waals surface area contributed by atoms with Crippen LogP contribution in [0.3, 0.4) is 0 Å². The second kappa shape index (κ2) is 10.9. The molecule has 0 radical (unpaired) electrons. The Morgan fingerprint density at radius 1 is 1.06 bits per heavy atom. The Kier molecular flexibility index (Phi) is 7.62. The van der Waals surface area contributed by atoms with Crippen LogP contribution in [-0.2, 0) is 22.5 Å². The van der Waals surface area contributed by atoms with Crippen LogP contribution >= 0.6 is 11.6 Å². The number of ether oxygens (including phenoxy) is 3. The summed E-state index contributed by atoms with van der Waals surface area (Å²) in [6.45, 7) is 2.96. The van der Waals surface area contributed by atoms with Crippen LogP contribution in [0.25, 0.3) is 0 Å². The molecule has 0 spiro atoms. The maximum atomic E-state index is 10.5. The first-order valence-electron chi connectivity index (χ1n) is 12.3. The molecule has 2 heterocycles. The monoisotopic (exact) mass is 510 g/mol. The molecule has 3 N–H and O–H groups in total. The number of rotatable bonds is 7. The molecule has 0 bridgehead atoms. The van der Waals surface area contributed by atoms with Crippen molar-refractivity contribution in [2.45, 2.75) is 56.9 Å². The zero-order chi connectivity index (χ0) is 25.2. The highest BCUT2D eigenvalue weighted by Gasteiger charge is 2.37. The van der Waals surface area contributed by atoms with Gasteiger partial charge >= 0.3 is 0 Å². The molecule has 2 aliphatic heterocycles. The van der Waals surface area contributed by atoms with Crippen molar-refractivity contribution in [3.8, 4) is 5.75 Å². The first kappa shape index (κ1) is 25.2. The van der Waals surface area contributed by atoms with Crippen molar-refractivity contribution >= 4 is 11.6 Å². The fourth-order valence-electron chi connectivity index (χ4n) is 5.08. The average molecular weight is 511 g/mol. The van der Waals surface area contributed by atoms with E-state index in [2.05, 4.69) is 25.1 Å². The Balaban J connectivity index is 1.24. The molecule has 7 heteroatoms. The summed E-state index contributed by atoms with van der Waals surface area (Å²) in [5.41, 5.74) is 6.33. The molecule has 0 amide bonds. The SMILES string of the molecule is Cc1cccc2c1C(COc1ccc(Cc3cc([C@@H]4O[C@H](CO)C[C@H](O)[C@H]4O)ccc3Cl)cc1)OC2. The van der Waals surface area contributed by atoms with Crippen LogP contribution in [-0.4, -0.2) is 46.8 Å². The summed E-state index contributed by atoms with van der Waals surface area (Å²) in [6.07, 6.45) is -2.57. The van der Waals surface area contributed by atoms with E-state index in [0.29, 0.717) is 30.2 Å². The molecule has 2 aliphatic rings. The van der Waals surface area contributed by atoms with E-state index in [9.17, 15) is 15.3 Å². The first-order valence-corrected chi connectivity index (χ1v) is 12.6. The molecule has 36 heavy (non-hydrogen) atoms. The van der Waals surface area contributed by atoms with E-state index < -0.39 is 24.4 Å². The second-order valence-electron chi connectivity index (χ2n) is 9.58. The highest BCUT2D eigenvalue weighted by Crippen LogP contribution is 2.35. The largest absolute Gasteiger partial charge is 0.491 e. The van der Waals surface area contributed by atoms with Gasteiger partial charge in [0.2, 0.25) is 0 Å². The van der Waals surface area contributed by atoms with E-state index >= 15 is 0 Å². The van der Waals surface area contributed by atoms with Crippen molar-refractivity contribution in [1.29, 1.82) is 0 Å². The average Bonchev–Trinajstić information content (AvgIpc) is 3.31. The molecule has 1 saturated heterocycles. The van der Waals surface area contributed by atoms with E-state index in [1.165, 1.54) is 16.7 Å². The summed E-state index contributed by atoms with van der Waals surface area (Å²) in [6, 6.07) is 19.6. The van der Waals surface area contributed by atoms with Crippen LogP contribution in [0, 0.1) is 6.92 Å². The van der Waals surface area contributed by atoms with Crippen molar-refractivity contribution in [2.24, 2.45) is 0 Å². The minimum atomic E-state index is -1.07. The normalized spacial score (nSPS) is 25.5. The summed E-state index contributed by atoms with van der Waals surface area (Å²) >= 11 is 6.48. The number of hydrogen-bond acceptors (Lipinski definition) is 6. The standard InChI is InChI=1S/C29H31ClO6/c1-17-3-2-4-20-15-35-26(27(17)20)16-34-22-8-5-18(6-9-22)11-21-12-19(7-10-24(21)30)29-28(33)25(32)13-23(14-31)36-29/h2-10,12,23,25-26,28-29,31-33H,11,13-16H2,1H3/t23-,25-,26?,28+,29-/m0/s1. The van der Waals surface area contributed by atoms with E-state index in [0.717, 1.165) is 16.9 Å². The highest BCUT2D eigenvalue weighted by molar-refractivity contribution is 6.31. The summed E-state index contributed by atoms with van der Waals surface area (Å²) in [7, 11) is 0. The Bertz CT molecular complexity index is 1200. The van der Waals surface area contributed by atoms with Gasteiger partial charge in [0.15, 0.2) is 0 Å². The number of aliphatic hydroxyl groups is 3. The topological polar surface area (TPSA) is 88.4 Å². The Morgan fingerprint density at radius 2 is 1.86 bits per heavy atom. The van der Waals surface area contributed by atoms with Gasteiger partial charge in [-0.15, -0.1) is 0 Å². The van der Waals surface area contributed by atoms with Crippen molar-refractivity contribution in [3.63, 3.8) is 0 Å². The van der Waals surface area contributed by atoms with Gasteiger partial charge in [-0.3, -0.25) is 0 Å². The molecule has 0 aromatic heterocycles. The van der Waals surface area contributed by atoms with Gasteiger partial charge in [-0.05, 0) is 64.9 Å². The Morgan fingerprint density at radius 3 is 2.64 bits per heavy atom. The molecular weight excluding hydrogens is 480 g/mol. The Labute approximate surface area is 216 Å². The fraction of sp³-hybridized carbons (Fsp3) is 0.379. The maximum Gasteiger partial charge on any atom is 0.119 e. The molecule has 1 unspecified atom stereocenters. The van der Waals surface area contributed by atoms with Crippen LogP contribution in [0.4, 0.5) is 0 Å². The quantitative estimate of drug-likeness (QED) is 0.436. The number of aliphatic hydroxyl groups excluding tert-OH is 3. The number of benzene rings is 3. The number of halogens is 1. The van der Waals surface area contributed by atoms with Gasteiger partial charge in [-0.1, -0.05) is 54.1 Å². The van der Waals surface area contributed by atoms with Crippen molar-refractivity contribution < 1.29 is 29.5 Å². The molecule has 0 aliphatic carbocycles. The van der Waals surface area contributed by atoms with Crippen molar-refractivity contribution in [2.75, 3.05) is 13.2 Å². The third kappa shape index (κ3) is 5.30. The zero-order valence-corrected chi connectivity index (χ0v) is 20.9. The van der Waals surface area contributed by atoms with E-state index in [4.69, 9.17) is 25.8 Å². The molecule has 3 aromatic carbocycles. The van der Waals surface area contributed by atoms with Gasteiger partial charge in [0.05, 0.1) is 25.4 Å². The lowest BCUT2D eigenvalue weighted by Crippen LogP contribution is -2.44.